The molecule has 5 N–H and O–H groups in total. The summed E-state index contributed by atoms with van der Waals surface area (Å²) in [6.45, 7) is 3.40. The second-order valence-electron chi connectivity index (χ2n) is 5.94. The number of halogens is 1. The zero-order chi connectivity index (χ0) is 19.4. The minimum atomic E-state index is -0.751. The molecule has 0 amide bonds. The van der Waals surface area contributed by atoms with Gasteiger partial charge in [-0.3, -0.25) is 0 Å². The van der Waals surface area contributed by atoms with Crippen LogP contribution in [0, 0.1) is 12.7 Å². The van der Waals surface area contributed by atoms with Gasteiger partial charge in [-0.05, 0) is 49.1 Å². The van der Waals surface area contributed by atoms with E-state index in [2.05, 4.69) is 5.32 Å². The minimum Gasteiger partial charge on any atom is -0.504 e. The summed E-state index contributed by atoms with van der Waals surface area (Å²) in [7, 11) is 1.75. The molecule has 0 fully saturated rings. The van der Waals surface area contributed by atoms with Gasteiger partial charge in [0.15, 0.2) is 11.5 Å². The number of phenolic OH excluding ortho intramolecular Hbond substituents is 4. The van der Waals surface area contributed by atoms with E-state index in [1.54, 1.807) is 25.4 Å². The lowest BCUT2D eigenvalue weighted by atomic mass is 9.96. The lowest BCUT2D eigenvalue weighted by molar-refractivity contribution is 0.342. The predicted octanol–water partition coefficient (Wildman–Crippen LogP) is 3.71. The number of allylic oxidation sites excluding steroid dienone is 3. The van der Waals surface area contributed by atoms with E-state index in [1.165, 1.54) is 19.1 Å². The van der Waals surface area contributed by atoms with Crippen LogP contribution in [0.4, 0.5) is 4.39 Å². The zero-order valence-electron chi connectivity index (χ0n) is 14.8. The van der Waals surface area contributed by atoms with Gasteiger partial charge in [-0.25, -0.2) is 4.39 Å². The molecule has 2 rings (SSSR count). The van der Waals surface area contributed by atoms with E-state index in [0.29, 0.717) is 5.56 Å². The third-order valence-electron chi connectivity index (χ3n) is 4.25. The van der Waals surface area contributed by atoms with Gasteiger partial charge < -0.3 is 25.7 Å². The Balaban J connectivity index is 2.40. The molecule has 0 bridgehead atoms. The summed E-state index contributed by atoms with van der Waals surface area (Å²) in [5.41, 5.74) is 3.07. The number of nitrogens with one attached hydrogen (secondary N) is 1. The molecular formula is C20H22FNO4. The van der Waals surface area contributed by atoms with Crippen molar-refractivity contribution in [3.8, 4) is 23.0 Å². The highest BCUT2D eigenvalue weighted by Crippen LogP contribution is 2.47. The van der Waals surface area contributed by atoms with E-state index in [0.717, 1.165) is 16.7 Å². The molecule has 0 radical (unpaired) electrons. The van der Waals surface area contributed by atoms with Gasteiger partial charge in [0.1, 0.15) is 5.82 Å². The summed E-state index contributed by atoms with van der Waals surface area (Å²) in [4.78, 5) is 0. The zero-order valence-corrected chi connectivity index (χ0v) is 14.8. The summed E-state index contributed by atoms with van der Waals surface area (Å²) in [6.07, 6.45) is 3.80. The Bertz CT molecular complexity index is 841. The van der Waals surface area contributed by atoms with Crippen LogP contribution in [0.2, 0.25) is 0 Å². The van der Waals surface area contributed by atoms with E-state index in [-0.39, 0.29) is 17.8 Å². The Morgan fingerprint density at radius 3 is 2.15 bits per heavy atom. The highest BCUT2D eigenvalue weighted by atomic mass is 19.1. The highest BCUT2D eigenvalue weighted by Gasteiger charge is 2.20. The number of hydrogen-bond acceptors (Lipinski definition) is 5. The lowest BCUT2D eigenvalue weighted by Gasteiger charge is -2.13. The van der Waals surface area contributed by atoms with Gasteiger partial charge in [0.25, 0.3) is 0 Å². The van der Waals surface area contributed by atoms with Crippen molar-refractivity contribution in [3.63, 3.8) is 0 Å². The van der Waals surface area contributed by atoms with E-state index in [4.69, 9.17) is 0 Å². The third kappa shape index (κ3) is 3.74. The topological polar surface area (TPSA) is 93.0 Å². The highest BCUT2D eigenvalue weighted by molar-refractivity contribution is 5.78. The second-order valence-corrected chi connectivity index (χ2v) is 5.94. The molecule has 0 aliphatic rings. The summed E-state index contributed by atoms with van der Waals surface area (Å²) in [5, 5.41) is 42.2. The van der Waals surface area contributed by atoms with Crippen LogP contribution in [0.15, 0.2) is 42.1 Å². The molecule has 5 nitrogen and oxygen atoms in total. The van der Waals surface area contributed by atoms with Crippen LogP contribution in [0.5, 0.6) is 23.0 Å². The van der Waals surface area contributed by atoms with Crippen molar-refractivity contribution in [3.05, 3.63) is 64.6 Å². The molecule has 0 saturated carbocycles. The first-order valence-corrected chi connectivity index (χ1v) is 8.03. The molecule has 2 aromatic rings. The normalized spacial score (nSPS) is 12.3. The lowest BCUT2D eigenvalue weighted by Crippen LogP contribution is -1.99. The maximum Gasteiger partial charge on any atom is 0.204 e. The van der Waals surface area contributed by atoms with Crippen LogP contribution >= 0.6 is 0 Å². The summed E-state index contributed by atoms with van der Waals surface area (Å²) >= 11 is 0. The second kappa shape index (κ2) is 7.82. The molecule has 0 atom stereocenters. The number of phenols is 4. The number of rotatable bonds is 5. The summed E-state index contributed by atoms with van der Waals surface area (Å²) in [6, 6.07) is 6.07. The first kappa shape index (κ1) is 19.2. The first-order chi connectivity index (χ1) is 12.3. The number of benzene rings is 2. The minimum absolute atomic E-state index is 0.215. The Hall–Kier alpha value is -3.15. The number of hydrogen-bond donors (Lipinski definition) is 5. The average molecular weight is 359 g/mol. The van der Waals surface area contributed by atoms with E-state index < -0.39 is 23.0 Å². The Morgan fingerprint density at radius 2 is 1.58 bits per heavy atom. The van der Waals surface area contributed by atoms with E-state index in [9.17, 15) is 24.8 Å². The van der Waals surface area contributed by atoms with Crippen molar-refractivity contribution < 1.29 is 24.8 Å². The monoisotopic (exact) mass is 359 g/mol. The van der Waals surface area contributed by atoms with Crippen LogP contribution in [-0.2, 0) is 6.42 Å². The van der Waals surface area contributed by atoms with Gasteiger partial charge in [0.2, 0.25) is 11.5 Å². The fourth-order valence-electron chi connectivity index (χ4n) is 2.68. The van der Waals surface area contributed by atoms with Crippen molar-refractivity contribution in [1.82, 2.24) is 5.32 Å². The summed E-state index contributed by atoms with van der Waals surface area (Å²) < 4.78 is 13.2. The molecule has 0 aliphatic carbocycles. The van der Waals surface area contributed by atoms with E-state index in [1.807, 2.05) is 13.0 Å². The van der Waals surface area contributed by atoms with Crippen LogP contribution in [0.1, 0.15) is 23.6 Å². The molecule has 6 heteroatoms. The quantitative estimate of drug-likeness (QED) is 0.319. The molecule has 0 unspecified atom stereocenters. The van der Waals surface area contributed by atoms with Crippen molar-refractivity contribution in [1.29, 1.82) is 0 Å². The first-order valence-electron chi connectivity index (χ1n) is 8.03. The van der Waals surface area contributed by atoms with Crippen LogP contribution in [0.3, 0.4) is 0 Å². The maximum absolute atomic E-state index is 13.2. The van der Waals surface area contributed by atoms with Crippen LogP contribution in [-0.4, -0.2) is 27.5 Å². The fraction of sp³-hybridized carbons (Fsp3) is 0.200. The van der Waals surface area contributed by atoms with Gasteiger partial charge in [0.05, 0.1) is 0 Å². The van der Waals surface area contributed by atoms with Gasteiger partial charge >= 0.3 is 0 Å². The smallest absolute Gasteiger partial charge is 0.204 e. The van der Waals surface area contributed by atoms with Gasteiger partial charge in [-0.2, -0.15) is 0 Å². The molecular weight excluding hydrogens is 337 g/mol. The molecule has 0 aliphatic heterocycles. The molecule has 0 heterocycles. The molecule has 138 valence electrons. The Labute approximate surface area is 151 Å². The molecule has 0 saturated heterocycles. The molecule has 0 spiro atoms. The maximum atomic E-state index is 13.2. The predicted molar refractivity (Wildman–Crippen MR) is 98.7 cm³/mol. The largest absolute Gasteiger partial charge is 0.504 e. The Morgan fingerprint density at radius 1 is 1.00 bits per heavy atom. The van der Waals surface area contributed by atoms with Gasteiger partial charge in [-0.15, -0.1) is 0 Å². The fourth-order valence-corrected chi connectivity index (χ4v) is 2.68. The number of aromatic hydroxyl groups is 4. The van der Waals surface area contributed by atoms with E-state index >= 15 is 0 Å². The molecule has 0 aromatic heterocycles. The average Bonchev–Trinajstić information content (AvgIpc) is 2.63. The van der Waals surface area contributed by atoms with Crippen molar-refractivity contribution in [2.75, 3.05) is 7.05 Å². The third-order valence-corrected chi connectivity index (χ3v) is 4.25. The van der Waals surface area contributed by atoms with Gasteiger partial charge in [-0.1, -0.05) is 18.2 Å². The molecule has 26 heavy (non-hydrogen) atoms. The van der Waals surface area contributed by atoms with Crippen molar-refractivity contribution in [2.45, 2.75) is 20.3 Å². The van der Waals surface area contributed by atoms with Crippen LogP contribution < -0.4 is 5.32 Å². The Kier molecular flexibility index (Phi) is 5.77. The van der Waals surface area contributed by atoms with Crippen LogP contribution in [0.25, 0.3) is 5.57 Å². The SMILES string of the molecule is CN/C=C(\C(C)=C/Cc1c(C)c(O)c(O)c(O)c1O)c1ccc(F)cc1. The summed E-state index contributed by atoms with van der Waals surface area (Å²) in [5.74, 6) is -2.76. The van der Waals surface area contributed by atoms with Gasteiger partial charge in [0, 0.05) is 24.4 Å². The van der Waals surface area contributed by atoms with Crippen molar-refractivity contribution >= 4 is 5.57 Å². The van der Waals surface area contributed by atoms with Crippen molar-refractivity contribution in [2.24, 2.45) is 0 Å². The standard InChI is InChI=1S/C20H22FNO4/c1-11(16(10-22-3)13-5-7-14(21)8-6-13)4-9-15-12(2)17(23)19(25)20(26)18(15)24/h4-8,10,22-26H,9H2,1-3H3/b11-4-,16-10+. The molecule has 2 aromatic carbocycles.